The van der Waals surface area contributed by atoms with E-state index in [9.17, 15) is 18.0 Å². The van der Waals surface area contributed by atoms with Gasteiger partial charge in [-0.25, -0.2) is 4.98 Å². The Balaban J connectivity index is 1.11. The molecule has 13 heteroatoms. The van der Waals surface area contributed by atoms with Gasteiger partial charge >= 0.3 is 6.18 Å². The topological polar surface area (TPSA) is 89.1 Å². The van der Waals surface area contributed by atoms with E-state index in [1.165, 1.54) is 31.6 Å². The maximum atomic E-state index is 14.0. The molecule has 1 aliphatic carbocycles. The first-order valence-corrected chi connectivity index (χ1v) is 17.3. The molecule has 1 aromatic heterocycles. The van der Waals surface area contributed by atoms with Crippen LogP contribution >= 0.6 is 0 Å². The molecule has 10 nitrogen and oxygen atoms in total. The van der Waals surface area contributed by atoms with Gasteiger partial charge in [-0.15, -0.1) is 0 Å². The van der Waals surface area contributed by atoms with Crippen LogP contribution in [0.2, 0.25) is 0 Å². The van der Waals surface area contributed by atoms with Gasteiger partial charge in [-0.2, -0.15) is 18.2 Å². The third kappa shape index (κ3) is 8.85. The van der Waals surface area contributed by atoms with Crippen molar-refractivity contribution in [3.63, 3.8) is 0 Å². The third-order valence-electron chi connectivity index (χ3n) is 9.96. The molecule has 1 unspecified atom stereocenters. The molecule has 0 bridgehead atoms. The van der Waals surface area contributed by atoms with Gasteiger partial charge in [0, 0.05) is 82.5 Å². The number of carbonyl (C=O) groups is 1. The van der Waals surface area contributed by atoms with Crippen molar-refractivity contribution < 1.29 is 22.7 Å². The number of piperidine rings is 1. The highest BCUT2D eigenvalue weighted by Gasteiger charge is 2.36. The zero-order chi connectivity index (χ0) is 33.0. The van der Waals surface area contributed by atoms with Crippen LogP contribution in [-0.2, 0) is 15.7 Å². The van der Waals surface area contributed by atoms with E-state index < -0.39 is 11.7 Å². The Morgan fingerprint density at radius 3 is 2.51 bits per heavy atom. The van der Waals surface area contributed by atoms with Gasteiger partial charge in [0.25, 0.3) is 0 Å². The average Bonchev–Trinajstić information content (AvgIpc) is 3.90. The SMILES string of the molecule is CC(CNc1nc(Nc2ccc(N3CCN(C4CCN(C)CC4)CC3)cc2C2CC2)ncc1C(F)(F)F)CN1CCOCCCC1=O. The summed E-state index contributed by atoms with van der Waals surface area (Å²) in [4.78, 5) is 30.2. The number of nitrogens with one attached hydrogen (secondary N) is 2. The highest BCUT2D eigenvalue weighted by molar-refractivity contribution is 5.76. The van der Waals surface area contributed by atoms with E-state index in [0.29, 0.717) is 51.1 Å². The molecule has 258 valence electrons. The summed E-state index contributed by atoms with van der Waals surface area (Å²) in [5.74, 6) is 0.215. The largest absolute Gasteiger partial charge is 0.421 e. The Bertz CT molecular complexity index is 1360. The minimum atomic E-state index is -4.61. The second-order valence-corrected chi connectivity index (χ2v) is 13.7. The molecule has 47 heavy (non-hydrogen) atoms. The lowest BCUT2D eigenvalue weighted by atomic mass is 10.0. The van der Waals surface area contributed by atoms with Crippen LogP contribution in [0.3, 0.4) is 0 Å². The first-order valence-electron chi connectivity index (χ1n) is 17.3. The number of carbonyl (C=O) groups excluding carboxylic acids is 1. The molecule has 1 atom stereocenters. The van der Waals surface area contributed by atoms with Gasteiger partial charge in [-0.05, 0) is 87.8 Å². The molecule has 1 saturated carbocycles. The highest BCUT2D eigenvalue weighted by Crippen LogP contribution is 2.45. The smallest absolute Gasteiger partial charge is 0.380 e. The molecule has 0 radical (unpaired) electrons. The number of alkyl halides is 3. The molecule has 4 fully saturated rings. The predicted octanol–water partition coefficient (Wildman–Crippen LogP) is 5.02. The predicted molar refractivity (Wildman–Crippen MR) is 177 cm³/mol. The van der Waals surface area contributed by atoms with Crippen LogP contribution in [0.4, 0.5) is 36.3 Å². The van der Waals surface area contributed by atoms with Crippen LogP contribution < -0.4 is 15.5 Å². The van der Waals surface area contributed by atoms with E-state index in [2.05, 4.69) is 54.5 Å². The van der Waals surface area contributed by atoms with Crippen molar-refractivity contribution in [2.75, 3.05) is 94.7 Å². The van der Waals surface area contributed by atoms with E-state index in [-0.39, 0.29) is 30.1 Å². The van der Waals surface area contributed by atoms with Gasteiger partial charge in [0.15, 0.2) is 0 Å². The number of anilines is 4. The zero-order valence-electron chi connectivity index (χ0n) is 27.7. The van der Waals surface area contributed by atoms with Crippen LogP contribution in [0.5, 0.6) is 0 Å². The van der Waals surface area contributed by atoms with E-state index in [1.54, 1.807) is 4.90 Å². The Hall–Kier alpha value is -3.16. The van der Waals surface area contributed by atoms with Crippen LogP contribution in [0.25, 0.3) is 0 Å². The number of rotatable bonds is 10. The Kier molecular flexibility index (Phi) is 10.7. The number of ether oxygens (including phenoxy) is 1. The van der Waals surface area contributed by atoms with E-state index in [4.69, 9.17) is 4.74 Å². The lowest BCUT2D eigenvalue weighted by Gasteiger charge is -2.43. The highest BCUT2D eigenvalue weighted by atomic mass is 19.4. The van der Waals surface area contributed by atoms with Crippen molar-refractivity contribution in [2.45, 2.75) is 63.6 Å². The lowest BCUT2D eigenvalue weighted by Crippen LogP contribution is -2.53. The molecule has 2 aromatic rings. The molecule has 3 saturated heterocycles. The molecule has 1 aromatic carbocycles. The number of piperazine rings is 1. The van der Waals surface area contributed by atoms with Gasteiger partial charge < -0.3 is 30.1 Å². The van der Waals surface area contributed by atoms with Crippen LogP contribution in [0.1, 0.15) is 62.5 Å². The van der Waals surface area contributed by atoms with E-state index in [1.807, 2.05) is 13.0 Å². The van der Waals surface area contributed by atoms with E-state index in [0.717, 1.165) is 56.5 Å². The van der Waals surface area contributed by atoms with Crippen molar-refractivity contribution in [1.29, 1.82) is 0 Å². The standard InChI is InChI=1S/C34H49F3N8O2/c1-24(23-45-17-19-47-18-3-4-31(45)46)21-38-32-29(34(35,36)37)22-39-33(41-32)40-30-8-7-27(20-28(30)25-5-6-25)44-15-13-43(14-16-44)26-9-11-42(2)12-10-26/h7-8,20,22,24-26H,3-6,9-19,21,23H2,1-2H3,(H2,38,39,40,41). The quantitative estimate of drug-likeness (QED) is 0.366. The van der Waals surface area contributed by atoms with Crippen molar-refractivity contribution in [1.82, 2.24) is 24.7 Å². The van der Waals surface area contributed by atoms with Gasteiger partial charge in [-0.1, -0.05) is 6.92 Å². The third-order valence-corrected chi connectivity index (χ3v) is 9.96. The number of likely N-dealkylation sites (tertiary alicyclic amines) is 1. The lowest BCUT2D eigenvalue weighted by molar-refractivity contribution is -0.137. The first-order chi connectivity index (χ1) is 22.6. The fourth-order valence-corrected chi connectivity index (χ4v) is 6.99. The van der Waals surface area contributed by atoms with Gasteiger partial charge in [-0.3, -0.25) is 9.69 Å². The second-order valence-electron chi connectivity index (χ2n) is 13.7. The number of amides is 1. The number of hydrogen-bond acceptors (Lipinski definition) is 9. The maximum Gasteiger partial charge on any atom is 0.421 e. The van der Waals surface area contributed by atoms with Gasteiger partial charge in [0.1, 0.15) is 11.4 Å². The van der Waals surface area contributed by atoms with Crippen LogP contribution in [0, 0.1) is 5.92 Å². The number of hydrogen-bond donors (Lipinski definition) is 2. The Morgan fingerprint density at radius 2 is 1.79 bits per heavy atom. The summed E-state index contributed by atoms with van der Waals surface area (Å²) >= 11 is 0. The molecule has 4 heterocycles. The summed E-state index contributed by atoms with van der Waals surface area (Å²) in [6.07, 6.45) is 1.97. The number of halogens is 3. The van der Waals surface area contributed by atoms with Crippen molar-refractivity contribution in [3.05, 3.63) is 35.5 Å². The summed E-state index contributed by atoms with van der Waals surface area (Å²) in [5, 5.41) is 6.16. The monoisotopic (exact) mass is 658 g/mol. The fourth-order valence-electron chi connectivity index (χ4n) is 6.99. The molecule has 0 spiro atoms. The zero-order valence-corrected chi connectivity index (χ0v) is 27.7. The summed E-state index contributed by atoms with van der Waals surface area (Å²) < 4.78 is 47.4. The maximum absolute atomic E-state index is 14.0. The molecule has 3 aliphatic heterocycles. The van der Waals surface area contributed by atoms with Crippen LogP contribution in [0.15, 0.2) is 24.4 Å². The number of aromatic nitrogens is 2. The molecule has 1 amide bonds. The van der Waals surface area contributed by atoms with Crippen LogP contribution in [-0.4, -0.2) is 116 Å². The summed E-state index contributed by atoms with van der Waals surface area (Å²) in [5.41, 5.74) is 2.27. The van der Waals surface area contributed by atoms with E-state index >= 15 is 0 Å². The summed E-state index contributed by atoms with van der Waals surface area (Å²) in [6, 6.07) is 7.04. The summed E-state index contributed by atoms with van der Waals surface area (Å²) in [7, 11) is 2.20. The molecule has 6 rings (SSSR count). The molecular weight excluding hydrogens is 609 g/mol. The Morgan fingerprint density at radius 1 is 1.02 bits per heavy atom. The van der Waals surface area contributed by atoms with Crippen molar-refractivity contribution in [2.24, 2.45) is 5.92 Å². The summed E-state index contributed by atoms with van der Waals surface area (Å²) in [6.45, 7) is 10.5. The minimum absolute atomic E-state index is 0.0528. The molecule has 2 N–H and O–H groups in total. The fraction of sp³-hybridized carbons (Fsp3) is 0.676. The van der Waals surface area contributed by atoms with Crippen molar-refractivity contribution in [3.8, 4) is 0 Å². The van der Waals surface area contributed by atoms with Crippen molar-refractivity contribution >= 4 is 29.0 Å². The normalized spacial score (nSPS) is 21.8. The molecule has 4 aliphatic rings. The molecular formula is C34H49F3N8O2. The number of nitrogens with zero attached hydrogens (tertiary/aromatic N) is 6. The average molecular weight is 659 g/mol. The Labute approximate surface area is 276 Å². The van der Waals surface area contributed by atoms with Gasteiger partial charge in [0.2, 0.25) is 11.9 Å². The minimum Gasteiger partial charge on any atom is -0.380 e. The number of benzene rings is 1. The first kappa shape index (κ1) is 33.7. The second kappa shape index (κ2) is 14.9. The van der Waals surface area contributed by atoms with Gasteiger partial charge in [0.05, 0.1) is 6.61 Å².